The number of alkyl halides is 1. The van der Waals surface area contributed by atoms with E-state index in [-0.39, 0.29) is 18.0 Å². The van der Waals surface area contributed by atoms with Gasteiger partial charge in [-0.25, -0.2) is 0 Å². The molecule has 45 heavy (non-hydrogen) atoms. The lowest BCUT2D eigenvalue weighted by molar-refractivity contribution is 0.358. The number of halogens is 1. The van der Waals surface area contributed by atoms with E-state index in [1.54, 1.807) is 12.7 Å². The van der Waals surface area contributed by atoms with Crippen molar-refractivity contribution in [3.8, 4) is 24.3 Å². The summed E-state index contributed by atoms with van der Waals surface area (Å²) in [6, 6.07) is 35.3. The number of aliphatic hydroxyl groups excluding tert-OH is 1. The topological polar surface area (TPSA) is 164 Å². The minimum atomic E-state index is -2.66. The van der Waals surface area contributed by atoms with Crippen LogP contribution in [0.4, 0.5) is 0 Å². The number of hydrogen-bond acceptors (Lipinski definition) is 6. The van der Waals surface area contributed by atoms with Gasteiger partial charge in [0.1, 0.15) is 31.4 Å². The molecule has 6 aromatic carbocycles. The second-order valence-corrected chi connectivity index (χ2v) is 14.3. The van der Waals surface area contributed by atoms with Crippen LogP contribution in [0.5, 0.6) is 0 Å². The molecule has 9 heteroatoms. The summed E-state index contributed by atoms with van der Waals surface area (Å²) in [5, 5.41) is 54.4. The Kier molecular flexibility index (Phi) is 10.0. The highest BCUT2D eigenvalue weighted by Gasteiger charge is 2.18. The van der Waals surface area contributed by atoms with Crippen LogP contribution in [-0.2, 0) is 16.1 Å². The standard InChI is InChI=1S/C19H15N2O2P.C17H9BrN2.H2O/c1-24(23,12-22)11-13-6-7-16-17(8-13)19(10-21)15-5-3-2-4-14(15)18(16)9-20;18-8-11-5-6-14-15(7-11)17(10-20)13-4-2-1-3-12(13)16(14)9-19;/h2-8,22H,11-12H2,1H3;1-7H,8H2;1H2. The third-order valence-corrected chi connectivity index (χ3v) is 9.87. The highest BCUT2D eigenvalue weighted by molar-refractivity contribution is 9.08. The van der Waals surface area contributed by atoms with Gasteiger partial charge >= 0.3 is 0 Å². The van der Waals surface area contributed by atoms with Crippen LogP contribution in [0.15, 0.2) is 84.9 Å². The van der Waals surface area contributed by atoms with Crippen molar-refractivity contribution in [1.29, 1.82) is 21.0 Å². The van der Waals surface area contributed by atoms with Gasteiger partial charge in [0, 0.05) is 54.6 Å². The number of nitrogens with zero attached hydrogens (tertiary/aromatic N) is 4. The lowest BCUT2D eigenvalue weighted by Gasteiger charge is -2.13. The maximum Gasteiger partial charge on any atom is 0.113 e. The fourth-order valence-electron chi connectivity index (χ4n) is 5.55. The van der Waals surface area contributed by atoms with Crippen molar-refractivity contribution in [2.24, 2.45) is 0 Å². The normalized spacial score (nSPS) is 11.7. The van der Waals surface area contributed by atoms with E-state index in [4.69, 9.17) is 0 Å². The summed E-state index contributed by atoms with van der Waals surface area (Å²) in [4.78, 5) is 0. The van der Waals surface area contributed by atoms with E-state index in [2.05, 4.69) is 40.2 Å². The third-order valence-electron chi connectivity index (χ3n) is 7.59. The second-order valence-electron chi connectivity index (χ2n) is 10.5. The first-order valence-electron chi connectivity index (χ1n) is 13.6. The number of aliphatic hydroxyl groups is 1. The van der Waals surface area contributed by atoms with E-state index in [0.29, 0.717) is 33.0 Å². The number of rotatable bonds is 4. The molecule has 6 aromatic rings. The van der Waals surface area contributed by atoms with E-state index in [0.717, 1.165) is 48.8 Å². The SMILES string of the molecule is CP(=O)(CO)Cc1ccc2c(C#N)c3ccccc3c(C#N)c2c1.N#Cc1c2ccccc2c(C#N)c2cc(CBr)ccc12.O. The van der Waals surface area contributed by atoms with Gasteiger partial charge in [-0.1, -0.05) is 88.7 Å². The number of benzene rings is 6. The van der Waals surface area contributed by atoms with E-state index < -0.39 is 7.14 Å². The van der Waals surface area contributed by atoms with Crippen LogP contribution in [0.2, 0.25) is 0 Å². The monoisotopic (exact) mass is 672 g/mol. The van der Waals surface area contributed by atoms with Gasteiger partial charge in [0.25, 0.3) is 0 Å². The Balaban J connectivity index is 0.000000203. The highest BCUT2D eigenvalue weighted by Crippen LogP contribution is 2.44. The molecule has 0 radical (unpaired) electrons. The molecule has 1 atom stereocenters. The fourth-order valence-corrected chi connectivity index (χ4v) is 6.97. The van der Waals surface area contributed by atoms with Crippen LogP contribution >= 0.6 is 23.1 Å². The van der Waals surface area contributed by atoms with Crippen LogP contribution in [0.1, 0.15) is 33.4 Å². The Hall–Kier alpha value is -5.05. The van der Waals surface area contributed by atoms with Crippen molar-refractivity contribution in [3.63, 3.8) is 0 Å². The molecule has 0 bridgehead atoms. The molecule has 0 amide bonds. The molecule has 220 valence electrons. The molecule has 0 spiro atoms. The molecule has 0 aliphatic heterocycles. The van der Waals surface area contributed by atoms with Crippen LogP contribution in [0.25, 0.3) is 43.1 Å². The molecule has 0 aromatic heterocycles. The average molecular weight is 674 g/mol. The Morgan fingerprint density at radius 2 is 0.933 bits per heavy atom. The Labute approximate surface area is 268 Å². The van der Waals surface area contributed by atoms with Gasteiger partial charge in [-0.3, -0.25) is 0 Å². The quantitative estimate of drug-likeness (QED) is 0.113. The molecule has 0 aliphatic rings. The molecule has 3 N–H and O–H groups in total. The summed E-state index contributed by atoms with van der Waals surface area (Å²) in [7, 11) is -2.66. The highest BCUT2D eigenvalue weighted by atomic mass is 79.9. The van der Waals surface area contributed by atoms with Gasteiger partial charge in [-0.2, -0.15) is 21.0 Å². The molecule has 6 rings (SSSR count). The molecule has 0 fully saturated rings. The zero-order chi connectivity index (χ0) is 31.4. The largest absolute Gasteiger partial charge is 0.412 e. The van der Waals surface area contributed by atoms with Gasteiger partial charge in [0.2, 0.25) is 0 Å². The Bertz CT molecular complexity index is 2340. The van der Waals surface area contributed by atoms with Crippen molar-refractivity contribution >= 4 is 66.2 Å². The van der Waals surface area contributed by atoms with Gasteiger partial charge in [-0.15, -0.1) is 0 Å². The first-order valence-corrected chi connectivity index (χ1v) is 17.2. The smallest absolute Gasteiger partial charge is 0.113 e. The van der Waals surface area contributed by atoms with Gasteiger partial charge < -0.3 is 15.1 Å². The number of hydrogen-bond donors (Lipinski definition) is 1. The summed E-state index contributed by atoms with van der Waals surface area (Å²) in [5.74, 6) is 0. The number of fused-ring (bicyclic) bond motifs is 4. The minimum Gasteiger partial charge on any atom is -0.412 e. The van der Waals surface area contributed by atoms with Crippen LogP contribution in [-0.4, -0.2) is 23.6 Å². The second kappa shape index (κ2) is 13.7. The first-order chi connectivity index (χ1) is 21.3. The predicted molar refractivity (Wildman–Crippen MR) is 182 cm³/mol. The predicted octanol–water partition coefficient (Wildman–Crippen LogP) is 7.99. The maximum atomic E-state index is 12.2. The number of nitriles is 4. The molecule has 1 unspecified atom stereocenters. The molecule has 0 aliphatic carbocycles. The molecule has 0 saturated heterocycles. The lowest BCUT2D eigenvalue weighted by atomic mass is 9.92. The Morgan fingerprint density at radius 1 is 0.600 bits per heavy atom. The van der Waals surface area contributed by atoms with Crippen molar-refractivity contribution < 1.29 is 15.1 Å². The summed E-state index contributed by atoms with van der Waals surface area (Å²) < 4.78 is 12.2. The summed E-state index contributed by atoms with van der Waals surface area (Å²) >= 11 is 3.43. The van der Waals surface area contributed by atoms with E-state index >= 15 is 0 Å². The van der Waals surface area contributed by atoms with Crippen molar-refractivity contribution in [1.82, 2.24) is 0 Å². The fraction of sp³-hybridized carbons (Fsp3) is 0.111. The average Bonchev–Trinajstić information content (AvgIpc) is 3.05. The zero-order valence-corrected chi connectivity index (χ0v) is 26.7. The maximum absolute atomic E-state index is 12.2. The Morgan fingerprint density at radius 3 is 1.29 bits per heavy atom. The van der Waals surface area contributed by atoms with E-state index in [1.165, 1.54) is 0 Å². The molecule has 7 nitrogen and oxygen atoms in total. The summed E-state index contributed by atoms with van der Waals surface area (Å²) in [6.45, 7) is 1.56. The van der Waals surface area contributed by atoms with Crippen LogP contribution in [0.3, 0.4) is 0 Å². The molecule has 0 heterocycles. The summed E-state index contributed by atoms with van der Waals surface area (Å²) in [6.07, 6.45) is -0.0870. The third kappa shape index (κ3) is 6.16. The minimum absolute atomic E-state index is 0. The molecular formula is C36H26BrN4O3P. The zero-order valence-electron chi connectivity index (χ0n) is 24.2. The van der Waals surface area contributed by atoms with Crippen molar-refractivity contribution in [3.05, 3.63) is 118 Å². The van der Waals surface area contributed by atoms with Crippen LogP contribution < -0.4 is 0 Å². The van der Waals surface area contributed by atoms with Crippen molar-refractivity contribution in [2.45, 2.75) is 11.5 Å². The van der Waals surface area contributed by atoms with Crippen LogP contribution in [0, 0.1) is 45.3 Å². The van der Waals surface area contributed by atoms with Gasteiger partial charge in [0.05, 0.1) is 28.6 Å². The first kappa shape index (κ1) is 32.9. The van der Waals surface area contributed by atoms with Gasteiger partial charge in [0.15, 0.2) is 0 Å². The molecular weight excluding hydrogens is 647 g/mol. The van der Waals surface area contributed by atoms with E-state index in [9.17, 15) is 30.7 Å². The van der Waals surface area contributed by atoms with Crippen molar-refractivity contribution in [2.75, 3.05) is 13.0 Å². The summed E-state index contributed by atoms with van der Waals surface area (Å²) in [5.41, 5.74) is 4.20. The van der Waals surface area contributed by atoms with Gasteiger partial charge in [-0.05, 0) is 29.9 Å². The lowest BCUT2D eigenvalue weighted by Crippen LogP contribution is -1.94. The molecule has 0 saturated carbocycles. The van der Waals surface area contributed by atoms with E-state index in [1.807, 2.05) is 78.9 Å².